The third-order valence-electron chi connectivity index (χ3n) is 6.23. The number of hydrogen-bond acceptors (Lipinski definition) is 5. The Bertz CT molecular complexity index is 972. The van der Waals surface area contributed by atoms with Crippen LogP contribution in [0.25, 0.3) is 10.9 Å². The molecule has 1 atom stereocenters. The zero-order valence-corrected chi connectivity index (χ0v) is 18.0. The van der Waals surface area contributed by atoms with Crippen LogP contribution in [0.1, 0.15) is 24.8 Å². The number of nitrogens with one attached hydrogen (secondary N) is 1. The summed E-state index contributed by atoms with van der Waals surface area (Å²) in [5.41, 5.74) is 2.22. The highest BCUT2D eigenvalue weighted by Gasteiger charge is 2.43. The van der Waals surface area contributed by atoms with Gasteiger partial charge < -0.3 is 15.1 Å². The predicted octanol–water partition coefficient (Wildman–Crippen LogP) is 2.96. The van der Waals surface area contributed by atoms with E-state index < -0.39 is 24.8 Å². The molecule has 2 aliphatic heterocycles. The van der Waals surface area contributed by atoms with Gasteiger partial charge in [-0.25, -0.2) is 8.78 Å². The zero-order valence-electron chi connectivity index (χ0n) is 18.0. The van der Waals surface area contributed by atoms with Crippen LogP contribution in [-0.2, 0) is 4.79 Å². The number of rotatable bonds is 4. The Morgan fingerprint density at radius 2 is 2.06 bits per heavy atom. The van der Waals surface area contributed by atoms with Crippen molar-refractivity contribution in [2.75, 3.05) is 45.2 Å². The van der Waals surface area contributed by atoms with Crippen molar-refractivity contribution in [1.29, 1.82) is 0 Å². The molecule has 1 unspecified atom stereocenters. The first-order valence-electron chi connectivity index (χ1n) is 10.8. The third-order valence-corrected chi connectivity index (χ3v) is 6.23. The maximum atomic E-state index is 14.7. The van der Waals surface area contributed by atoms with Crippen LogP contribution < -0.4 is 10.2 Å². The number of carbonyl (C=O) groups is 1. The Kier molecular flexibility index (Phi) is 6.18. The number of nitrogens with zero attached hydrogens (tertiary/aromatic N) is 4. The van der Waals surface area contributed by atoms with Gasteiger partial charge in [-0.15, -0.1) is 0 Å². The molecule has 1 aromatic carbocycles. The van der Waals surface area contributed by atoms with E-state index in [9.17, 15) is 13.6 Å². The Labute approximate surface area is 181 Å². The van der Waals surface area contributed by atoms with E-state index in [-0.39, 0.29) is 18.5 Å². The number of fused-ring (bicyclic) bond motifs is 1. The molecule has 8 heteroatoms. The van der Waals surface area contributed by atoms with E-state index in [0.717, 1.165) is 36.9 Å². The summed E-state index contributed by atoms with van der Waals surface area (Å²) in [4.78, 5) is 25.3. The molecule has 2 aromatic rings. The summed E-state index contributed by atoms with van der Waals surface area (Å²) in [5.74, 6) is -3.96. The summed E-state index contributed by atoms with van der Waals surface area (Å²) in [6.45, 7) is 1.67. The molecule has 0 spiro atoms. The number of likely N-dealkylation sites (tertiary alicyclic amines) is 1. The van der Waals surface area contributed by atoms with Crippen molar-refractivity contribution in [2.45, 2.75) is 31.2 Å². The van der Waals surface area contributed by atoms with Crippen molar-refractivity contribution in [3.8, 4) is 0 Å². The molecule has 2 aliphatic rings. The lowest BCUT2D eigenvalue weighted by Crippen LogP contribution is -2.53. The molecule has 1 amide bonds. The summed E-state index contributed by atoms with van der Waals surface area (Å²) in [7, 11) is 3.73. The van der Waals surface area contributed by atoms with Crippen LogP contribution in [0.2, 0.25) is 0 Å². The van der Waals surface area contributed by atoms with Crippen LogP contribution in [0.5, 0.6) is 0 Å². The number of aliphatic imine (C=N–C) groups is 1. The Morgan fingerprint density at radius 1 is 1.29 bits per heavy atom. The number of halogens is 2. The van der Waals surface area contributed by atoms with Gasteiger partial charge in [-0.2, -0.15) is 0 Å². The van der Waals surface area contributed by atoms with Crippen molar-refractivity contribution in [3.05, 3.63) is 36.0 Å². The van der Waals surface area contributed by atoms with Crippen LogP contribution in [0.3, 0.4) is 0 Å². The number of benzene rings is 1. The molecule has 0 aliphatic carbocycles. The lowest BCUT2D eigenvalue weighted by atomic mass is 9.92. The maximum absolute atomic E-state index is 14.7. The molecule has 6 nitrogen and oxygen atoms in total. The van der Waals surface area contributed by atoms with Gasteiger partial charge in [0.15, 0.2) is 0 Å². The topological polar surface area (TPSA) is 60.8 Å². The molecule has 4 rings (SSSR count). The van der Waals surface area contributed by atoms with Gasteiger partial charge in [0.2, 0.25) is 5.91 Å². The second-order valence-corrected chi connectivity index (χ2v) is 8.68. The van der Waals surface area contributed by atoms with Crippen molar-refractivity contribution < 1.29 is 13.6 Å². The number of carbonyl (C=O) groups excluding carboxylic acids is 1. The first-order valence-corrected chi connectivity index (χ1v) is 10.8. The number of amides is 1. The lowest BCUT2D eigenvalue weighted by Gasteiger charge is -2.39. The summed E-state index contributed by atoms with van der Waals surface area (Å²) < 4.78 is 29.4. The minimum absolute atomic E-state index is 0.0605. The van der Waals surface area contributed by atoms with Gasteiger partial charge in [-0.05, 0) is 57.2 Å². The molecule has 3 heterocycles. The zero-order chi connectivity index (χ0) is 22.0. The second-order valence-electron chi connectivity index (χ2n) is 8.68. The molecule has 1 N–H and O–H groups in total. The van der Waals surface area contributed by atoms with Gasteiger partial charge in [0.1, 0.15) is 0 Å². The predicted molar refractivity (Wildman–Crippen MR) is 119 cm³/mol. The Morgan fingerprint density at radius 3 is 2.81 bits per heavy atom. The Balaban J connectivity index is 1.58. The standard InChI is InChI=1S/C23H29F2N5O/c1-26-13-16-5-6-20(19-4-3-9-27-21(16)19)30-14-17(12-23(24,25)15-30)22(31)28-18-7-10-29(2)11-8-18/h3-6,9,13,17-18H,7-8,10-12,14-15H2,1-2H3,(H,28,31)/b26-13-. The summed E-state index contributed by atoms with van der Waals surface area (Å²) in [6, 6.07) is 7.41. The van der Waals surface area contributed by atoms with Crippen LogP contribution in [0.4, 0.5) is 14.5 Å². The highest BCUT2D eigenvalue weighted by molar-refractivity contribution is 6.03. The van der Waals surface area contributed by atoms with Gasteiger partial charge >= 0.3 is 0 Å². The van der Waals surface area contributed by atoms with Crippen LogP contribution in [0, 0.1) is 5.92 Å². The summed E-state index contributed by atoms with van der Waals surface area (Å²) in [6.07, 6.45) is 4.68. The van der Waals surface area contributed by atoms with Gasteiger partial charge in [0, 0.05) is 55.1 Å². The van der Waals surface area contributed by atoms with E-state index in [1.54, 1.807) is 30.4 Å². The smallest absolute Gasteiger partial charge is 0.266 e. The van der Waals surface area contributed by atoms with E-state index >= 15 is 0 Å². The van der Waals surface area contributed by atoms with Crippen molar-refractivity contribution in [1.82, 2.24) is 15.2 Å². The molecule has 2 saturated heterocycles. The van der Waals surface area contributed by atoms with Crippen molar-refractivity contribution in [2.24, 2.45) is 10.9 Å². The average molecular weight is 430 g/mol. The van der Waals surface area contributed by atoms with Gasteiger partial charge in [0.25, 0.3) is 5.92 Å². The molecule has 1 aromatic heterocycles. The van der Waals surface area contributed by atoms with Crippen LogP contribution in [0.15, 0.2) is 35.5 Å². The average Bonchev–Trinajstić information content (AvgIpc) is 2.74. The lowest BCUT2D eigenvalue weighted by molar-refractivity contribution is -0.130. The minimum Gasteiger partial charge on any atom is -0.364 e. The van der Waals surface area contributed by atoms with Gasteiger partial charge in [-0.1, -0.05) is 0 Å². The fourth-order valence-electron chi connectivity index (χ4n) is 4.63. The number of hydrogen-bond donors (Lipinski definition) is 1. The maximum Gasteiger partial charge on any atom is 0.266 e. The number of piperidine rings is 2. The first kappa shape index (κ1) is 21.6. The Hall–Kier alpha value is -2.61. The molecule has 0 bridgehead atoms. The van der Waals surface area contributed by atoms with E-state index in [0.29, 0.717) is 11.2 Å². The van der Waals surface area contributed by atoms with Crippen molar-refractivity contribution >= 4 is 28.7 Å². The fraction of sp³-hybridized carbons (Fsp3) is 0.522. The number of pyridine rings is 1. The van der Waals surface area contributed by atoms with E-state index in [1.165, 1.54) is 0 Å². The molecular formula is C23H29F2N5O. The van der Waals surface area contributed by atoms with Crippen LogP contribution in [-0.4, -0.2) is 74.2 Å². The number of anilines is 1. The quantitative estimate of drug-likeness (QED) is 0.760. The SMILES string of the molecule is C/N=C\c1ccc(N2CC(C(=O)NC3CCN(C)CC3)CC(F)(F)C2)c2cccnc12. The second kappa shape index (κ2) is 8.86. The third kappa shape index (κ3) is 4.84. The summed E-state index contributed by atoms with van der Waals surface area (Å²) in [5, 5.41) is 3.81. The monoisotopic (exact) mass is 429 g/mol. The fourth-order valence-corrected chi connectivity index (χ4v) is 4.63. The molecule has 0 saturated carbocycles. The van der Waals surface area contributed by atoms with Crippen LogP contribution >= 0.6 is 0 Å². The largest absolute Gasteiger partial charge is 0.364 e. The van der Waals surface area contributed by atoms with Gasteiger partial charge in [0.05, 0.1) is 18.0 Å². The van der Waals surface area contributed by atoms with E-state index in [4.69, 9.17) is 0 Å². The highest BCUT2D eigenvalue weighted by atomic mass is 19.3. The first-order chi connectivity index (χ1) is 14.9. The molecule has 31 heavy (non-hydrogen) atoms. The molecule has 166 valence electrons. The summed E-state index contributed by atoms with van der Waals surface area (Å²) >= 11 is 0. The molecule has 2 fully saturated rings. The van der Waals surface area contributed by atoms with Gasteiger partial charge in [-0.3, -0.25) is 14.8 Å². The molecule has 0 radical (unpaired) electrons. The van der Waals surface area contributed by atoms with E-state index in [2.05, 4.69) is 27.2 Å². The molecular weight excluding hydrogens is 400 g/mol. The van der Waals surface area contributed by atoms with Crippen molar-refractivity contribution in [3.63, 3.8) is 0 Å². The highest BCUT2D eigenvalue weighted by Crippen LogP contribution is 2.36. The number of alkyl halides is 2. The minimum atomic E-state index is -2.94. The van der Waals surface area contributed by atoms with E-state index in [1.807, 2.05) is 18.2 Å². The number of aromatic nitrogens is 1. The normalized spacial score (nSPS) is 22.8.